The first-order chi connectivity index (χ1) is 14.8. The molecule has 1 aromatic heterocycles. The maximum Gasteiger partial charge on any atom is 0.248 e. The molecular weight excluding hydrogens is 372 g/mol. The van der Waals surface area contributed by atoms with E-state index in [4.69, 9.17) is 9.40 Å². The third-order valence-corrected chi connectivity index (χ3v) is 4.59. The number of allylic oxidation sites excluding steroid dienone is 1. The maximum absolute atomic E-state index is 12.0. The SMILES string of the molecule is O=C(C=CCCc1nc(-c2ccccc2)c(-c2ccccc2)o1)Nc1ccccc1. The van der Waals surface area contributed by atoms with Gasteiger partial charge in [0.1, 0.15) is 5.69 Å². The number of amides is 1. The molecule has 0 radical (unpaired) electrons. The average molecular weight is 394 g/mol. The van der Waals surface area contributed by atoms with E-state index in [0.717, 1.165) is 28.3 Å². The average Bonchev–Trinajstić information content (AvgIpc) is 3.23. The summed E-state index contributed by atoms with van der Waals surface area (Å²) in [5.41, 5.74) is 3.62. The summed E-state index contributed by atoms with van der Waals surface area (Å²) in [4.78, 5) is 16.8. The minimum Gasteiger partial charge on any atom is -0.440 e. The van der Waals surface area contributed by atoms with Crippen molar-refractivity contribution in [3.8, 4) is 22.6 Å². The van der Waals surface area contributed by atoms with Gasteiger partial charge in [0, 0.05) is 23.2 Å². The highest BCUT2D eigenvalue weighted by Crippen LogP contribution is 2.32. The molecule has 1 N–H and O–H groups in total. The summed E-state index contributed by atoms with van der Waals surface area (Å²) in [6.07, 6.45) is 4.66. The van der Waals surface area contributed by atoms with Gasteiger partial charge in [0.25, 0.3) is 0 Å². The number of anilines is 1. The lowest BCUT2D eigenvalue weighted by Crippen LogP contribution is -2.07. The molecule has 4 rings (SSSR count). The number of rotatable bonds is 7. The Balaban J connectivity index is 1.46. The van der Waals surface area contributed by atoms with Gasteiger partial charge in [-0.15, -0.1) is 0 Å². The van der Waals surface area contributed by atoms with Gasteiger partial charge in [-0.1, -0.05) is 84.9 Å². The lowest BCUT2D eigenvalue weighted by atomic mass is 10.1. The standard InChI is InChI=1S/C26H22N2O2/c29-23(27-22-16-8-3-9-17-22)18-10-11-19-24-28-25(20-12-4-1-5-13-20)26(30-24)21-14-6-2-7-15-21/h1-10,12-18H,11,19H2,(H,27,29). The van der Waals surface area contributed by atoms with E-state index in [1.807, 2.05) is 97.1 Å². The summed E-state index contributed by atoms with van der Waals surface area (Å²) in [6.45, 7) is 0. The summed E-state index contributed by atoms with van der Waals surface area (Å²) in [6, 6.07) is 29.4. The van der Waals surface area contributed by atoms with Crippen molar-refractivity contribution in [3.05, 3.63) is 109 Å². The molecule has 0 aliphatic heterocycles. The second-order valence-electron chi connectivity index (χ2n) is 6.81. The van der Waals surface area contributed by atoms with Crippen LogP contribution in [0.3, 0.4) is 0 Å². The van der Waals surface area contributed by atoms with Crippen LogP contribution in [0.2, 0.25) is 0 Å². The van der Waals surface area contributed by atoms with E-state index in [2.05, 4.69) is 5.32 Å². The number of aryl methyl sites for hydroxylation is 1. The highest BCUT2D eigenvalue weighted by molar-refractivity contribution is 5.99. The lowest BCUT2D eigenvalue weighted by Gasteiger charge is -2.00. The van der Waals surface area contributed by atoms with Crippen LogP contribution in [0.15, 0.2) is 108 Å². The predicted molar refractivity (Wildman–Crippen MR) is 120 cm³/mol. The summed E-state index contributed by atoms with van der Waals surface area (Å²) < 4.78 is 6.11. The summed E-state index contributed by atoms with van der Waals surface area (Å²) in [5.74, 6) is 1.27. The largest absolute Gasteiger partial charge is 0.440 e. The Morgan fingerprint density at radius 3 is 2.10 bits per heavy atom. The summed E-state index contributed by atoms with van der Waals surface area (Å²) in [7, 11) is 0. The van der Waals surface area contributed by atoms with Crippen LogP contribution in [0, 0.1) is 0 Å². The van der Waals surface area contributed by atoms with Crippen LogP contribution in [0.1, 0.15) is 12.3 Å². The van der Waals surface area contributed by atoms with Crippen LogP contribution in [-0.4, -0.2) is 10.9 Å². The molecule has 1 amide bonds. The molecular formula is C26H22N2O2. The molecule has 4 heteroatoms. The minimum atomic E-state index is -0.149. The Labute approximate surface area is 175 Å². The summed E-state index contributed by atoms with van der Waals surface area (Å²) in [5, 5.41) is 2.83. The zero-order valence-corrected chi connectivity index (χ0v) is 16.5. The van der Waals surface area contributed by atoms with Crippen LogP contribution in [0.5, 0.6) is 0 Å². The molecule has 0 atom stereocenters. The number of carbonyl (C=O) groups is 1. The second-order valence-corrected chi connectivity index (χ2v) is 6.81. The molecule has 0 saturated heterocycles. The van der Waals surface area contributed by atoms with Crippen molar-refractivity contribution in [2.45, 2.75) is 12.8 Å². The molecule has 0 unspecified atom stereocenters. The highest BCUT2D eigenvalue weighted by atomic mass is 16.4. The van der Waals surface area contributed by atoms with E-state index in [0.29, 0.717) is 18.7 Å². The molecule has 3 aromatic carbocycles. The molecule has 30 heavy (non-hydrogen) atoms. The molecule has 0 aliphatic rings. The first-order valence-electron chi connectivity index (χ1n) is 9.93. The van der Waals surface area contributed by atoms with Gasteiger partial charge in [-0.05, 0) is 24.6 Å². The quantitative estimate of drug-likeness (QED) is 0.383. The number of para-hydroxylation sites is 1. The van der Waals surface area contributed by atoms with Gasteiger partial charge < -0.3 is 9.73 Å². The Hall–Kier alpha value is -3.92. The van der Waals surface area contributed by atoms with E-state index < -0.39 is 0 Å². The Kier molecular flexibility index (Phi) is 6.16. The fourth-order valence-corrected chi connectivity index (χ4v) is 3.15. The van der Waals surface area contributed by atoms with Crippen LogP contribution in [-0.2, 0) is 11.2 Å². The molecule has 0 saturated carbocycles. The third-order valence-electron chi connectivity index (χ3n) is 4.59. The van der Waals surface area contributed by atoms with Crippen molar-refractivity contribution in [1.82, 2.24) is 4.98 Å². The lowest BCUT2D eigenvalue weighted by molar-refractivity contribution is -0.111. The van der Waals surface area contributed by atoms with Crippen molar-refractivity contribution in [2.24, 2.45) is 0 Å². The smallest absolute Gasteiger partial charge is 0.248 e. The Bertz CT molecular complexity index is 1060. The number of nitrogens with zero attached hydrogens (tertiary/aromatic N) is 1. The third kappa shape index (κ3) is 4.92. The van der Waals surface area contributed by atoms with Crippen molar-refractivity contribution in [3.63, 3.8) is 0 Å². The van der Waals surface area contributed by atoms with Crippen molar-refractivity contribution in [1.29, 1.82) is 0 Å². The monoisotopic (exact) mass is 394 g/mol. The van der Waals surface area contributed by atoms with E-state index in [1.54, 1.807) is 6.08 Å². The van der Waals surface area contributed by atoms with E-state index >= 15 is 0 Å². The molecule has 0 spiro atoms. The number of hydrogen-bond donors (Lipinski definition) is 1. The zero-order chi connectivity index (χ0) is 20.6. The molecule has 4 aromatic rings. The van der Waals surface area contributed by atoms with Crippen LogP contribution >= 0.6 is 0 Å². The number of nitrogens with one attached hydrogen (secondary N) is 1. The molecule has 148 valence electrons. The van der Waals surface area contributed by atoms with Gasteiger partial charge in [0.05, 0.1) is 0 Å². The maximum atomic E-state index is 12.0. The van der Waals surface area contributed by atoms with Crippen molar-refractivity contribution < 1.29 is 9.21 Å². The molecule has 1 heterocycles. The van der Waals surface area contributed by atoms with Gasteiger partial charge >= 0.3 is 0 Å². The number of oxazole rings is 1. The van der Waals surface area contributed by atoms with Gasteiger partial charge in [-0.3, -0.25) is 4.79 Å². The second kappa shape index (κ2) is 9.52. The van der Waals surface area contributed by atoms with E-state index in [1.165, 1.54) is 0 Å². The van der Waals surface area contributed by atoms with Crippen molar-refractivity contribution in [2.75, 3.05) is 5.32 Å². The van der Waals surface area contributed by atoms with Gasteiger partial charge in [0.2, 0.25) is 5.91 Å². The van der Waals surface area contributed by atoms with Gasteiger partial charge in [-0.25, -0.2) is 4.98 Å². The van der Waals surface area contributed by atoms with Crippen LogP contribution < -0.4 is 5.32 Å². The van der Waals surface area contributed by atoms with Gasteiger partial charge in [0.15, 0.2) is 11.7 Å². The minimum absolute atomic E-state index is 0.149. The highest BCUT2D eigenvalue weighted by Gasteiger charge is 2.16. The number of carbonyl (C=O) groups excluding carboxylic acids is 1. The van der Waals surface area contributed by atoms with Crippen LogP contribution in [0.4, 0.5) is 5.69 Å². The first kappa shape index (κ1) is 19.4. The fourth-order valence-electron chi connectivity index (χ4n) is 3.15. The van der Waals surface area contributed by atoms with E-state index in [-0.39, 0.29) is 5.91 Å². The fraction of sp³-hybridized carbons (Fsp3) is 0.0769. The molecule has 0 bridgehead atoms. The Morgan fingerprint density at radius 2 is 1.43 bits per heavy atom. The topological polar surface area (TPSA) is 55.1 Å². The number of aromatic nitrogens is 1. The number of hydrogen-bond acceptors (Lipinski definition) is 3. The predicted octanol–water partition coefficient (Wildman–Crippen LogP) is 6.14. The first-order valence-corrected chi connectivity index (χ1v) is 9.93. The van der Waals surface area contributed by atoms with Gasteiger partial charge in [-0.2, -0.15) is 0 Å². The number of benzene rings is 3. The normalized spacial score (nSPS) is 10.9. The molecule has 0 aliphatic carbocycles. The molecule has 4 nitrogen and oxygen atoms in total. The van der Waals surface area contributed by atoms with Crippen LogP contribution in [0.25, 0.3) is 22.6 Å². The Morgan fingerprint density at radius 1 is 0.833 bits per heavy atom. The van der Waals surface area contributed by atoms with E-state index in [9.17, 15) is 4.79 Å². The zero-order valence-electron chi connectivity index (χ0n) is 16.5. The van der Waals surface area contributed by atoms with Crippen molar-refractivity contribution >= 4 is 11.6 Å². The summed E-state index contributed by atoms with van der Waals surface area (Å²) >= 11 is 0. The molecule has 0 fully saturated rings.